The zero-order valence-electron chi connectivity index (χ0n) is 13.9. The van der Waals surface area contributed by atoms with E-state index < -0.39 is 17.7 Å². The normalized spacial score (nSPS) is 14.2. The lowest BCUT2D eigenvalue weighted by Gasteiger charge is -2.15. The van der Waals surface area contributed by atoms with Gasteiger partial charge in [0.05, 0.1) is 16.9 Å². The number of halogens is 3. The third kappa shape index (κ3) is 3.84. The molecule has 0 saturated carbocycles. The predicted molar refractivity (Wildman–Crippen MR) is 89.9 cm³/mol. The van der Waals surface area contributed by atoms with Crippen LogP contribution < -0.4 is 20.5 Å². The van der Waals surface area contributed by atoms with Crippen LogP contribution in [0.2, 0.25) is 0 Å². The minimum absolute atomic E-state index is 0.0815. The van der Waals surface area contributed by atoms with Gasteiger partial charge in [0.15, 0.2) is 11.5 Å². The summed E-state index contributed by atoms with van der Waals surface area (Å²) in [6.45, 7) is 1.72. The summed E-state index contributed by atoms with van der Waals surface area (Å²) < 4.78 is 48.8. The number of benzene rings is 2. The summed E-state index contributed by atoms with van der Waals surface area (Å²) in [7, 11) is 0. The zero-order valence-corrected chi connectivity index (χ0v) is 13.9. The Morgan fingerprint density at radius 2 is 1.92 bits per heavy atom. The van der Waals surface area contributed by atoms with Crippen LogP contribution >= 0.6 is 0 Å². The number of hydrogen-bond donors (Lipinski definition) is 2. The van der Waals surface area contributed by atoms with Gasteiger partial charge in [-0.3, -0.25) is 4.79 Å². The number of amides is 1. The summed E-state index contributed by atoms with van der Waals surface area (Å²) in [5.41, 5.74) is 6.27. The number of carbonyl (C=O) groups excluding carboxylic acids is 1. The number of carbonyl (C=O) groups is 1. The molecule has 0 spiro atoms. The van der Waals surface area contributed by atoms with Gasteiger partial charge in [0.25, 0.3) is 0 Å². The topological polar surface area (TPSA) is 73.6 Å². The molecule has 26 heavy (non-hydrogen) atoms. The molecule has 0 aliphatic carbocycles. The van der Waals surface area contributed by atoms with E-state index in [1.165, 1.54) is 6.07 Å². The molecular formula is C18H17F3N2O3. The number of fused-ring (bicyclic) bond motifs is 1. The molecule has 1 atom stereocenters. The highest BCUT2D eigenvalue weighted by atomic mass is 19.4. The number of nitrogens with one attached hydrogen (secondary N) is 1. The van der Waals surface area contributed by atoms with Gasteiger partial charge >= 0.3 is 6.18 Å². The molecular weight excluding hydrogens is 349 g/mol. The monoisotopic (exact) mass is 366 g/mol. The fraction of sp³-hybridized carbons (Fsp3) is 0.278. The first-order chi connectivity index (χ1) is 12.2. The Morgan fingerprint density at radius 3 is 2.62 bits per heavy atom. The Labute approximate surface area is 147 Å². The first-order valence-corrected chi connectivity index (χ1v) is 7.90. The Kier molecular flexibility index (Phi) is 4.67. The molecule has 138 valence electrons. The maximum atomic E-state index is 12.8. The molecule has 8 heteroatoms. The van der Waals surface area contributed by atoms with Crippen LogP contribution in [-0.2, 0) is 17.4 Å². The molecule has 1 amide bonds. The number of nitrogen functional groups attached to an aromatic ring is 1. The third-order valence-electron chi connectivity index (χ3n) is 4.05. The van der Waals surface area contributed by atoms with Crippen molar-refractivity contribution in [3.8, 4) is 11.5 Å². The first-order valence-electron chi connectivity index (χ1n) is 7.90. The van der Waals surface area contributed by atoms with Crippen LogP contribution in [0.5, 0.6) is 11.5 Å². The standard InChI is InChI=1S/C18H17F3N2O3/c1-10(5-11-3-2-4-12(6-11)18(19,20)21)17(24)23-14-8-16-15(7-13(14)22)25-9-26-16/h2-4,6-8,10H,5,9,22H2,1H3,(H,23,24). The van der Waals surface area contributed by atoms with Crippen molar-refractivity contribution in [1.82, 2.24) is 0 Å². The van der Waals surface area contributed by atoms with Gasteiger partial charge in [-0.05, 0) is 18.1 Å². The second-order valence-corrected chi connectivity index (χ2v) is 6.09. The quantitative estimate of drug-likeness (QED) is 0.807. The molecule has 2 aromatic carbocycles. The molecule has 1 heterocycles. The lowest BCUT2D eigenvalue weighted by molar-refractivity contribution is -0.137. The van der Waals surface area contributed by atoms with Crippen LogP contribution in [0.4, 0.5) is 24.5 Å². The predicted octanol–water partition coefficient (Wildman–Crippen LogP) is 3.83. The molecule has 1 aliphatic heterocycles. The van der Waals surface area contributed by atoms with E-state index in [2.05, 4.69) is 5.32 Å². The maximum absolute atomic E-state index is 12.8. The van der Waals surface area contributed by atoms with E-state index in [-0.39, 0.29) is 19.1 Å². The molecule has 0 radical (unpaired) electrons. The van der Waals surface area contributed by atoms with Gasteiger partial charge in [0, 0.05) is 18.1 Å². The van der Waals surface area contributed by atoms with Gasteiger partial charge < -0.3 is 20.5 Å². The molecule has 1 unspecified atom stereocenters. The summed E-state index contributed by atoms with van der Waals surface area (Å²) in [4.78, 5) is 12.4. The highest BCUT2D eigenvalue weighted by Crippen LogP contribution is 2.38. The zero-order chi connectivity index (χ0) is 18.9. The summed E-state index contributed by atoms with van der Waals surface area (Å²) in [5.74, 6) is 0.0637. The van der Waals surface area contributed by atoms with Gasteiger partial charge in [-0.25, -0.2) is 0 Å². The van der Waals surface area contributed by atoms with Crippen molar-refractivity contribution < 1.29 is 27.4 Å². The van der Waals surface area contributed by atoms with Crippen LogP contribution in [0.1, 0.15) is 18.1 Å². The number of ether oxygens (including phenoxy) is 2. The Morgan fingerprint density at radius 1 is 1.23 bits per heavy atom. The molecule has 0 saturated heterocycles. The van der Waals surface area contributed by atoms with Crippen LogP contribution in [0.3, 0.4) is 0 Å². The number of nitrogens with two attached hydrogens (primary N) is 1. The average Bonchev–Trinajstić information content (AvgIpc) is 3.01. The third-order valence-corrected chi connectivity index (χ3v) is 4.05. The van der Waals surface area contributed by atoms with Gasteiger partial charge in [-0.2, -0.15) is 13.2 Å². The van der Waals surface area contributed by atoms with E-state index in [0.29, 0.717) is 28.4 Å². The molecule has 5 nitrogen and oxygen atoms in total. The molecule has 3 N–H and O–H groups in total. The number of alkyl halides is 3. The highest BCUT2D eigenvalue weighted by Gasteiger charge is 2.30. The van der Waals surface area contributed by atoms with Crippen molar-refractivity contribution in [3.63, 3.8) is 0 Å². The van der Waals surface area contributed by atoms with Crippen LogP contribution in [0.15, 0.2) is 36.4 Å². The second kappa shape index (κ2) is 6.78. The summed E-state index contributed by atoms with van der Waals surface area (Å²) in [5, 5.41) is 2.68. The Hall–Kier alpha value is -2.90. The van der Waals surface area contributed by atoms with Crippen molar-refractivity contribution in [2.75, 3.05) is 17.8 Å². The van der Waals surface area contributed by atoms with Crippen LogP contribution in [-0.4, -0.2) is 12.7 Å². The van der Waals surface area contributed by atoms with E-state index in [1.807, 2.05) is 0 Å². The van der Waals surface area contributed by atoms with E-state index in [4.69, 9.17) is 15.2 Å². The number of hydrogen-bond acceptors (Lipinski definition) is 4. The van der Waals surface area contributed by atoms with Crippen molar-refractivity contribution in [1.29, 1.82) is 0 Å². The molecule has 3 rings (SSSR count). The van der Waals surface area contributed by atoms with Gasteiger partial charge in [-0.15, -0.1) is 0 Å². The van der Waals surface area contributed by atoms with Crippen molar-refractivity contribution in [2.45, 2.75) is 19.5 Å². The fourth-order valence-electron chi connectivity index (χ4n) is 2.64. The van der Waals surface area contributed by atoms with E-state index in [1.54, 1.807) is 25.1 Å². The van der Waals surface area contributed by atoms with Crippen molar-refractivity contribution >= 4 is 17.3 Å². The first kappa shape index (κ1) is 17.9. The van der Waals surface area contributed by atoms with E-state index in [9.17, 15) is 18.0 Å². The number of anilines is 2. The van der Waals surface area contributed by atoms with Gasteiger partial charge in [0.1, 0.15) is 0 Å². The lowest BCUT2D eigenvalue weighted by atomic mass is 9.98. The Balaban J connectivity index is 1.69. The minimum atomic E-state index is -4.41. The SMILES string of the molecule is CC(Cc1cccc(C(F)(F)F)c1)C(=O)Nc1cc2c(cc1N)OCO2. The average molecular weight is 366 g/mol. The minimum Gasteiger partial charge on any atom is -0.454 e. The van der Waals surface area contributed by atoms with Gasteiger partial charge in [0.2, 0.25) is 12.7 Å². The second-order valence-electron chi connectivity index (χ2n) is 6.09. The fourth-order valence-corrected chi connectivity index (χ4v) is 2.64. The van der Waals surface area contributed by atoms with E-state index >= 15 is 0 Å². The molecule has 0 aromatic heterocycles. The molecule has 2 aromatic rings. The summed E-state index contributed by atoms with van der Waals surface area (Å²) in [6.07, 6.45) is -4.25. The van der Waals surface area contributed by atoms with Gasteiger partial charge in [-0.1, -0.05) is 25.1 Å². The smallest absolute Gasteiger partial charge is 0.416 e. The van der Waals surface area contributed by atoms with Crippen molar-refractivity contribution in [3.05, 3.63) is 47.5 Å². The summed E-state index contributed by atoms with van der Waals surface area (Å²) in [6, 6.07) is 8.06. The number of rotatable bonds is 4. The van der Waals surface area contributed by atoms with E-state index in [0.717, 1.165) is 12.1 Å². The largest absolute Gasteiger partial charge is 0.454 e. The lowest BCUT2D eigenvalue weighted by Crippen LogP contribution is -2.23. The molecule has 0 bridgehead atoms. The Bertz CT molecular complexity index is 837. The molecule has 1 aliphatic rings. The summed E-state index contributed by atoms with van der Waals surface area (Å²) >= 11 is 0. The van der Waals surface area contributed by atoms with Crippen LogP contribution in [0, 0.1) is 5.92 Å². The van der Waals surface area contributed by atoms with Crippen molar-refractivity contribution in [2.24, 2.45) is 5.92 Å². The van der Waals surface area contributed by atoms with Crippen LogP contribution in [0.25, 0.3) is 0 Å². The maximum Gasteiger partial charge on any atom is 0.416 e. The molecule has 0 fully saturated rings. The highest BCUT2D eigenvalue weighted by molar-refractivity contribution is 5.96.